The van der Waals surface area contributed by atoms with Crippen LogP contribution >= 0.6 is 11.6 Å². The third-order valence-electron chi connectivity index (χ3n) is 3.01. The molecule has 2 aliphatic rings. The molecule has 0 saturated carbocycles. The molecule has 1 unspecified atom stereocenters. The van der Waals surface area contributed by atoms with Crippen molar-refractivity contribution < 1.29 is 0 Å². The van der Waals surface area contributed by atoms with Gasteiger partial charge in [0.1, 0.15) is 0 Å². The highest BCUT2D eigenvalue weighted by atomic mass is 35.5. The predicted octanol–water partition coefficient (Wildman–Crippen LogP) is 2.92. The van der Waals surface area contributed by atoms with E-state index in [4.69, 9.17) is 11.6 Å². The molecule has 0 aromatic carbocycles. The maximum Gasteiger partial charge on any atom is 0.0410 e. The lowest BCUT2D eigenvalue weighted by atomic mass is 9.98. The van der Waals surface area contributed by atoms with Crippen molar-refractivity contribution in [3.63, 3.8) is 0 Å². The van der Waals surface area contributed by atoms with Crippen LogP contribution < -0.4 is 0 Å². The molecular formula is C11H16ClN. The summed E-state index contributed by atoms with van der Waals surface area (Å²) in [7, 11) is 2.19. The summed E-state index contributed by atoms with van der Waals surface area (Å²) in [4.78, 5) is 2.41. The Morgan fingerprint density at radius 1 is 1.38 bits per heavy atom. The molecule has 72 valence electrons. The molecule has 0 aromatic heterocycles. The van der Waals surface area contributed by atoms with E-state index in [-0.39, 0.29) is 0 Å². The summed E-state index contributed by atoms with van der Waals surface area (Å²) in [5.74, 6) is 0. The quantitative estimate of drug-likeness (QED) is 0.625. The van der Waals surface area contributed by atoms with Gasteiger partial charge < -0.3 is 0 Å². The monoisotopic (exact) mass is 197 g/mol. The molecule has 1 atom stereocenters. The highest BCUT2D eigenvalue weighted by Crippen LogP contribution is 2.31. The van der Waals surface area contributed by atoms with Crippen molar-refractivity contribution in [1.82, 2.24) is 4.90 Å². The molecule has 1 aliphatic heterocycles. The molecule has 2 heteroatoms. The van der Waals surface area contributed by atoms with Gasteiger partial charge in [-0.1, -0.05) is 23.8 Å². The molecule has 0 radical (unpaired) electrons. The van der Waals surface area contributed by atoms with Crippen LogP contribution in [0.4, 0.5) is 0 Å². The van der Waals surface area contributed by atoms with Gasteiger partial charge in [-0.3, -0.25) is 4.90 Å². The van der Waals surface area contributed by atoms with Crippen LogP contribution in [0.5, 0.6) is 0 Å². The fraction of sp³-hybridized carbons (Fsp3) is 0.636. The maximum absolute atomic E-state index is 6.19. The van der Waals surface area contributed by atoms with Gasteiger partial charge in [0.2, 0.25) is 0 Å². The second-order valence-corrected chi connectivity index (χ2v) is 4.33. The van der Waals surface area contributed by atoms with E-state index in [1.807, 2.05) is 0 Å². The zero-order chi connectivity index (χ0) is 9.26. The van der Waals surface area contributed by atoms with Crippen LogP contribution in [0.1, 0.15) is 25.7 Å². The molecule has 0 amide bonds. The molecule has 0 spiro atoms. The molecule has 1 saturated heterocycles. The van der Waals surface area contributed by atoms with Crippen molar-refractivity contribution >= 4 is 11.6 Å². The lowest BCUT2D eigenvalue weighted by Gasteiger charge is -2.24. The summed E-state index contributed by atoms with van der Waals surface area (Å²) in [6.07, 6.45) is 9.32. The highest BCUT2D eigenvalue weighted by Gasteiger charge is 2.26. The summed E-state index contributed by atoms with van der Waals surface area (Å²) in [5.41, 5.74) is 1.37. The number of rotatable bonds is 1. The fourth-order valence-electron chi connectivity index (χ4n) is 2.26. The Hall–Kier alpha value is -0.270. The van der Waals surface area contributed by atoms with Crippen LogP contribution in [0, 0.1) is 0 Å². The first-order valence-corrected chi connectivity index (χ1v) is 5.43. The SMILES string of the molecule is CN1CCCC1C1=CCCC=C1Cl. The minimum Gasteiger partial charge on any atom is -0.299 e. The van der Waals surface area contributed by atoms with Gasteiger partial charge in [0.25, 0.3) is 0 Å². The Bertz CT molecular complexity index is 255. The van der Waals surface area contributed by atoms with Gasteiger partial charge in [0, 0.05) is 11.1 Å². The predicted molar refractivity (Wildman–Crippen MR) is 56.9 cm³/mol. The Morgan fingerprint density at radius 2 is 2.15 bits per heavy atom. The van der Waals surface area contributed by atoms with E-state index in [0.29, 0.717) is 6.04 Å². The Labute approximate surface area is 85.1 Å². The average molecular weight is 198 g/mol. The average Bonchev–Trinajstić information content (AvgIpc) is 2.52. The molecule has 13 heavy (non-hydrogen) atoms. The van der Waals surface area contributed by atoms with Crippen molar-refractivity contribution in [3.05, 3.63) is 22.8 Å². The molecule has 1 heterocycles. The second kappa shape index (κ2) is 3.85. The zero-order valence-electron chi connectivity index (χ0n) is 8.09. The zero-order valence-corrected chi connectivity index (χ0v) is 8.85. The summed E-state index contributed by atoms with van der Waals surface area (Å²) >= 11 is 6.19. The van der Waals surface area contributed by atoms with Crippen molar-refractivity contribution in [2.24, 2.45) is 0 Å². The third-order valence-corrected chi connectivity index (χ3v) is 3.38. The number of likely N-dealkylation sites (N-methyl/N-ethyl adjacent to an activating group) is 1. The van der Waals surface area contributed by atoms with E-state index in [2.05, 4.69) is 24.1 Å². The smallest absolute Gasteiger partial charge is 0.0410 e. The molecule has 1 fully saturated rings. The lowest BCUT2D eigenvalue weighted by Crippen LogP contribution is -2.27. The van der Waals surface area contributed by atoms with Crippen molar-refractivity contribution in [2.75, 3.05) is 13.6 Å². The summed E-state index contributed by atoms with van der Waals surface area (Å²) in [6.45, 7) is 1.21. The minimum atomic E-state index is 0.587. The number of nitrogens with zero attached hydrogens (tertiary/aromatic N) is 1. The summed E-state index contributed by atoms with van der Waals surface area (Å²) < 4.78 is 0. The van der Waals surface area contributed by atoms with Crippen LogP contribution in [-0.2, 0) is 0 Å². The molecular weight excluding hydrogens is 182 g/mol. The normalized spacial score (nSPS) is 30.2. The van der Waals surface area contributed by atoms with Crippen LogP contribution in [0.25, 0.3) is 0 Å². The van der Waals surface area contributed by atoms with Gasteiger partial charge >= 0.3 is 0 Å². The van der Waals surface area contributed by atoms with E-state index >= 15 is 0 Å². The minimum absolute atomic E-state index is 0.587. The Morgan fingerprint density at radius 3 is 2.77 bits per heavy atom. The van der Waals surface area contributed by atoms with E-state index in [1.165, 1.54) is 25.0 Å². The fourth-order valence-corrected chi connectivity index (χ4v) is 2.57. The summed E-state index contributed by atoms with van der Waals surface area (Å²) in [5, 5.41) is 0.991. The van der Waals surface area contributed by atoms with Gasteiger partial charge in [-0.25, -0.2) is 0 Å². The van der Waals surface area contributed by atoms with E-state index < -0.39 is 0 Å². The van der Waals surface area contributed by atoms with E-state index in [0.717, 1.165) is 17.9 Å². The van der Waals surface area contributed by atoms with Crippen LogP contribution in [0.3, 0.4) is 0 Å². The van der Waals surface area contributed by atoms with Gasteiger partial charge in [0.05, 0.1) is 0 Å². The van der Waals surface area contributed by atoms with E-state index in [1.54, 1.807) is 0 Å². The highest BCUT2D eigenvalue weighted by molar-refractivity contribution is 6.32. The van der Waals surface area contributed by atoms with Crippen LogP contribution in [0.2, 0.25) is 0 Å². The maximum atomic E-state index is 6.19. The topological polar surface area (TPSA) is 3.24 Å². The molecule has 1 nitrogen and oxygen atoms in total. The van der Waals surface area contributed by atoms with Crippen molar-refractivity contribution in [2.45, 2.75) is 31.7 Å². The molecule has 0 aromatic rings. The second-order valence-electron chi connectivity index (χ2n) is 3.93. The standard InChI is InChI=1S/C11H16ClN/c1-13-8-4-7-11(13)9-5-2-3-6-10(9)12/h5-6,11H,2-4,7-8H2,1H3. The number of likely N-dealkylation sites (tertiary alicyclic amines) is 1. The largest absolute Gasteiger partial charge is 0.299 e. The number of hydrogen-bond donors (Lipinski definition) is 0. The van der Waals surface area contributed by atoms with Gasteiger partial charge in [-0.05, 0) is 44.8 Å². The number of allylic oxidation sites excluding steroid dienone is 2. The van der Waals surface area contributed by atoms with Crippen LogP contribution in [0.15, 0.2) is 22.8 Å². The van der Waals surface area contributed by atoms with Gasteiger partial charge in [-0.2, -0.15) is 0 Å². The summed E-state index contributed by atoms with van der Waals surface area (Å²) in [6, 6.07) is 0.587. The van der Waals surface area contributed by atoms with E-state index in [9.17, 15) is 0 Å². The van der Waals surface area contributed by atoms with Gasteiger partial charge in [-0.15, -0.1) is 0 Å². The first-order valence-electron chi connectivity index (χ1n) is 5.05. The number of hydrogen-bond acceptors (Lipinski definition) is 1. The Balaban J connectivity index is 2.15. The Kier molecular flexibility index (Phi) is 2.75. The molecule has 1 aliphatic carbocycles. The van der Waals surface area contributed by atoms with Crippen LogP contribution in [-0.4, -0.2) is 24.5 Å². The van der Waals surface area contributed by atoms with Gasteiger partial charge in [0.15, 0.2) is 0 Å². The number of halogens is 1. The lowest BCUT2D eigenvalue weighted by molar-refractivity contribution is 0.347. The van der Waals surface area contributed by atoms with Crippen molar-refractivity contribution in [1.29, 1.82) is 0 Å². The third kappa shape index (κ3) is 1.82. The first-order chi connectivity index (χ1) is 6.29. The molecule has 2 rings (SSSR count). The molecule has 0 N–H and O–H groups in total. The first kappa shape index (κ1) is 9.29. The molecule has 0 bridgehead atoms. The van der Waals surface area contributed by atoms with Crippen molar-refractivity contribution in [3.8, 4) is 0 Å².